The summed E-state index contributed by atoms with van der Waals surface area (Å²) in [6.07, 6.45) is 2.84. The van der Waals surface area contributed by atoms with Crippen molar-refractivity contribution in [3.63, 3.8) is 0 Å². The highest BCUT2D eigenvalue weighted by molar-refractivity contribution is 5.78. The molecular weight excluding hydrogens is 336 g/mol. The number of pyridine rings is 1. The summed E-state index contributed by atoms with van der Waals surface area (Å²) in [7, 11) is 2.18. The first kappa shape index (κ1) is 17.5. The van der Waals surface area contributed by atoms with E-state index in [1.54, 1.807) is 0 Å². The molecule has 1 aliphatic heterocycles. The fraction of sp³-hybridized carbons (Fsp3) is 0.333. The summed E-state index contributed by atoms with van der Waals surface area (Å²) in [5.74, 6) is 1.04. The molecule has 0 aliphatic carbocycles. The maximum absolute atomic E-state index is 4.63. The largest absolute Gasteiger partial charge is 0.349 e. The summed E-state index contributed by atoms with van der Waals surface area (Å²) in [5, 5.41) is 7.33. The summed E-state index contributed by atoms with van der Waals surface area (Å²) in [4.78, 5) is 11.7. The summed E-state index contributed by atoms with van der Waals surface area (Å²) in [6.45, 7) is 5.85. The second-order valence-corrected chi connectivity index (χ2v) is 7.11. The molecular formula is C21H26N6. The van der Waals surface area contributed by atoms with Crippen molar-refractivity contribution in [2.24, 2.45) is 0 Å². The van der Waals surface area contributed by atoms with E-state index >= 15 is 0 Å². The Hall–Kier alpha value is -2.86. The normalized spacial score (nSPS) is 13.4. The van der Waals surface area contributed by atoms with Crippen LogP contribution in [0, 0.1) is 6.92 Å². The van der Waals surface area contributed by atoms with Crippen molar-refractivity contribution in [1.82, 2.24) is 20.1 Å². The number of aromatic amines is 1. The minimum Gasteiger partial charge on any atom is -0.349 e. The topological polar surface area (TPSA) is 51.3 Å². The fourth-order valence-corrected chi connectivity index (χ4v) is 3.47. The minimum absolute atomic E-state index is 0.836. The Morgan fingerprint density at radius 2 is 1.96 bits per heavy atom. The molecule has 1 N–H and O–H groups in total. The van der Waals surface area contributed by atoms with Crippen LogP contribution < -0.4 is 9.80 Å². The van der Waals surface area contributed by atoms with E-state index in [9.17, 15) is 0 Å². The van der Waals surface area contributed by atoms with Gasteiger partial charge in [0.1, 0.15) is 0 Å². The van der Waals surface area contributed by atoms with Gasteiger partial charge in [-0.15, -0.1) is 0 Å². The zero-order valence-electron chi connectivity index (χ0n) is 16.0. The second kappa shape index (κ2) is 7.80. The molecule has 0 radical (unpaired) electrons. The summed E-state index contributed by atoms with van der Waals surface area (Å²) < 4.78 is 0. The molecule has 3 aromatic rings. The summed E-state index contributed by atoms with van der Waals surface area (Å²) in [5.41, 5.74) is 4.64. The van der Waals surface area contributed by atoms with E-state index in [-0.39, 0.29) is 0 Å². The maximum Gasteiger partial charge on any atom is 0.158 e. The lowest BCUT2D eigenvalue weighted by atomic mass is 10.3. The highest BCUT2D eigenvalue weighted by Crippen LogP contribution is 2.38. The SMILES string of the molecule is Cc1cc(CCN(C)CCN2CN(c3ccccc3)c3ncccc32)n[nH]1. The quantitative estimate of drug-likeness (QED) is 0.699. The van der Waals surface area contributed by atoms with Gasteiger partial charge in [-0.1, -0.05) is 18.2 Å². The third-order valence-electron chi connectivity index (χ3n) is 5.00. The molecule has 1 aliphatic rings. The monoisotopic (exact) mass is 362 g/mol. The Labute approximate surface area is 160 Å². The molecule has 0 saturated heterocycles. The number of nitrogens with zero attached hydrogens (tertiary/aromatic N) is 5. The molecule has 2 aromatic heterocycles. The number of hydrogen-bond acceptors (Lipinski definition) is 5. The van der Waals surface area contributed by atoms with Gasteiger partial charge >= 0.3 is 0 Å². The molecule has 27 heavy (non-hydrogen) atoms. The number of anilines is 3. The van der Waals surface area contributed by atoms with E-state index in [0.717, 1.165) is 49.9 Å². The highest BCUT2D eigenvalue weighted by atomic mass is 15.4. The van der Waals surface area contributed by atoms with Crippen LogP contribution in [0.15, 0.2) is 54.7 Å². The smallest absolute Gasteiger partial charge is 0.158 e. The van der Waals surface area contributed by atoms with Gasteiger partial charge in [0, 0.05) is 43.6 Å². The van der Waals surface area contributed by atoms with Crippen molar-refractivity contribution in [3.05, 3.63) is 66.1 Å². The second-order valence-electron chi connectivity index (χ2n) is 7.11. The van der Waals surface area contributed by atoms with Crippen molar-refractivity contribution >= 4 is 17.2 Å². The zero-order valence-corrected chi connectivity index (χ0v) is 16.0. The predicted octanol–water partition coefficient (Wildman–Crippen LogP) is 3.20. The Bertz CT molecular complexity index is 875. The minimum atomic E-state index is 0.836. The number of benzene rings is 1. The molecule has 0 bridgehead atoms. The third kappa shape index (κ3) is 3.95. The van der Waals surface area contributed by atoms with Gasteiger partial charge < -0.3 is 14.7 Å². The van der Waals surface area contributed by atoms with Gasteiger partial charge in [0.2, 0.25) is 0 Å². The number of aryl methyl sites for hydroxylation is 1. The Morgan fingerprint density at radius 3 is 2.74 bits per heavy atom. The molecule has 140 valence electrons. The van der Waals surface area contributed by atoms with Crippen LogP contribution in [-0.2, 0) is 6.42 Å². The van der Waals surface area contributed by atoms with Crippen LogP contribution in [-0.4, -0.2) is 53.4 Å². The van der Waals surface area contributed by atoms with Crippen LogP contribution in [0.5, 0.6) is 0 Å². The van der Waals surface area contributed by atoms with Gasteiger partial charge in [0.15, 0.2) is 5.82 Å². The van der Waals surface area contributed by atoms with E-state index in [2.05, 4.69) is 73.3 Å². The van der Waals surface area contributed by atoms with Gasteiger partial charge in [0.25, 0.3) is 0 Å². The van der Waals surface area contributed by atoms with Crippen LogP contribution in [0.4, 0.5) is 17.2 Å². The molecule has 0 unspecified atom stereocenters. The highest BCUT2D eigenvalue weighted by Gasteiger charge is 2.27. The van der Waals surface area contributed by atoms with E-state index in [1.807, 2.05) is 25.3 Å². The molecule has 3 heterocycles. The van der Waals surface area contributed by atoms with Crippen molar-refractivity contribution in [3.8, 4) is 0 Å². The number of H-pyrrole nitrogens is 1. The number of para-hydroxylation sites is 1. The van der Waals surface area contributed by atoms with Gasteiger partial charge in [-0.2, -0.15) is 5.10 Å². The Morgan fingerprint density at radius 1 is 1.11 bits per heavy atom. The molecule has 6 nitrogen and oxygen atoms in total. The predicted molar refractivity (Wildman–Crippen MR) is 110 cm³/mol. The zero-order chi connectivity index (χ0) is 18.6. The first-order valence-electron chi connectivity index (χ1n) is 9.43. The average Bonchev–Trinajstić information content (AvgIpc) is 3.29. The maximum atomic E-state index is 4.63. The van der Waals surface area contributed by atoms with Crippen molar-refractivity contribution < 1.29 is 0 Å². The van der Waals surface area contributed by atoms with E-state index in [4.69, 9.17) is 0 Å². The van der Waals surface area contributed by atoms with E-state index < -0.39 is 0 Å². The molecule has 6 heteroatoms. The Kier molecular flexibility index (Phi) is 5.07. The molecule has 0 atom stereocenters. The van der Waals surface area contributed by atoms with Gasteiger partial charge in [-0.25, -0.2) is 4.98 Å². The molecule has 1 aromatic carbocycles. The van der Waals surface area contributed by atoms with Crippen LogP contribution in [0.25, 0.3) is 0 Å². The molecule has 0 amide bonds. The van der Waals surface area contributed by atoms with Crippen LogP contribution >= 0.6 is 0 Å². The number of nitrogens with one attached hydrogen (secondary N) is 1. The van der Waals surface area contributed by atoms with Crippen molar-refractivity contribution in [2.75, 3.05) is 43.2 Å². The van der Waals surface area contributed by atoms with Crippen molar-refractivity contribution in [2.45, 2.75) is 13.3 Å². The number of hydrogen-bond donors (Lipinski definition) is 1. The summed E-state index contributed by atoms with van der Waals surface area (Å²) >= 11 is 0. The average molecular weight is 362 g/mol. The number of likely N-dealkylation sites (N-methyl/N-ethyl adjacent to an activating group) is 1. The number of aromatic nitrogens is 3. The summed E-state index contributed by atoms with van der Waals surface area (Å²) in [6, 6.07) is 16.8. The van der Waals surface area contributed by atoms with E-state index in [0.29, 0.717) is 0 Å². The molecule has 0 saturated carbocycles. The lowest BCUT2D eigenvalue weighted by Gasteiger charge is -2.24. The first-order chi connectivity index (χ1) is 13.2. The van der Waals surface area contributed by atoms with Crippen LogP contribution in [0.1, 0.15) is 11.4 Å². The molecule has 0 spiro atoms. The number of fused-ring (bicyclic) bond motifs is 1. The number of rotatable bonds is 7. The van der Waals surface area contributed by atoms with Crippen LogP contribution in [0.3, 0.4) is 0 Å². The van der Waals surface area contributed by atoms with Crippen LogP contribution in [0.2, 0.25) is 0 Å². The van der Waals surface area contributed by atoms with Crippen molar-refractivity contribution in [1.29, 1.82) is 0 Å². The van der Waals surface area contributed by atoms with E-state index in [1.165, 1.54) is 11.4 Å². The molecule has 0 fully saturated rings. The van der Waals surface area contributed by atoms with Gasteiger partial charge in [0.05, 0.1) is 18.1 Å². The molecule has 4 rings (SSSR count). The van der Waals surface area contributed by atoms with Gasteiger partial charge in [-0.3, -0.25) is 5.10 Å². The first-order valence-corrected chi connectivity index (χ1v) is 9.43. The standard InChI is InChI=1S/C21H26N6/c1-17-15-18(24-23-17)10-12-25(2)13-14-26-16-27(19-7-4-3-5-8-19)21-20(26)9-6-11-22-21/h3-9,11,15H,10,12-14,16H2,1-2H3,(H,23,24). The Balaban J connectivity index is 1.38. The van der Waals surface area contributed by atoms with Gasteiger partial charge in [-0.05, 0) is 44.3 Å². The fourth-order valence-electron chi connectivity index (χ4n) is 3.47. The lowest BCUT2D eigenvalue weighted by Crippen LogP contribution is -2.35. The third-order valence-corrected chi connectivity index (χ3v) is 5.00. The lowest BCUT2D eigenvalue weighted by molar-refractivity contribution is 0.343.